The van der Waals surface area contributed by atoms with E-state index in [0.717, 1.165) is 5.56 Å². The number of carbonyl (C=O) groups is 2. The fourth-order valence-electron chi connectivity index (χ4n) is 3.50. The number of sulfonamides is 1. The first-order valence-electron chi connectivity index (χ1n) is 10.4. The Bertz CT molecular complexity index is 1140. The molecule has 0 unspecified atom stereocenters. The molecule has 32 heavy (non-hydrogen) atoms. The molecule has 2 aromatic carbocycles. The quantitative estimate of drug-likeness (QED) is 0.666. The number of likely N-dealkylation sites (N-methyl/N-ethyl adjacent to an activating group) is 1. The first-order valence-corrected chi connectivity index (χ1v) is 11.9. The highest BCUT2D eigenvalue weighted by Gasteiger charge is 2.33. The minimum Gasteiger partial charge on any atom is -0.355 e. The van der Waals surface area contributed by atoms with E-state index >= 15 is 0 Å². The number of nitrogens with one attached hydrogen (secondary N) is 2. The number of fused-ring (bicyclic) bond motifs is 1. The van der Waals surface area contributed by atoms with Gasteiger partial charge in [0.25, 0.3) is 15.9 Å². The molecule has 9 heteroatoms. The molecule has 1 aliphatic heterocycles. The minimum atomic E-state index is -3.68. The van der Waals surface area contributed by atoms with Crippen molar-refractivity contribution in [1.82, 2.24) is 14.9 Å². The van der Waals surface area contributed by atoms with Crippen molar-refractivity contribution in [1.29, 1.82) is 0 Å². The Morgan fingerprint density at radius 3 is 2.41 bits per heavy atom. The SMILES string of the molecule is CC[C@H](C)[C@H](N=C1NS(=O)(=O)c2ccccc21)C(=O)N(C)Cc1ccc(C(=O)NC)cc1. The van der Waals surface area contributed by atoms with Crippen molar-refractivity contribution < 1.29 is 18.0 Å². The van der Waals surface area contributed by atoms with Crippen molar-refractivity contribution in [3.63, 3.8) is 0 Å². The molecular weight excluding hydrogens is 428 g/mol. The molecule has 1 aliphatic rings. The molecule has 8 nitrogen and oxygen atoms in total. The summed E-state index contributed by atoms with van der Waals surface area (Å²) in [6, 6.07) is 12.9. The van der Waals surface area contributed by atoms with Crippen LogP contribution in [-0.4, -0.2) is 51.1 Å². The average Bonchev–Trinajstić information content (AvgIpc) is 3.06. The van der Waals surface area contributed by atoms with E-state index < -0.39 is 16.1 Å². The third kappa shape index (κ3) is 4.83. The lowest BCUT2D eigenvalue weighted by Gasteiger charge is -2.25. The summed E-state index contributed by atoms with van der Waals surface area (Å²) >= 11 is 0. The first kappa shape index (κ1) is 23.5. The standard InChI is InChI=1S/C23H28N4O4S/c1-5-15(2)20(25-21-18-8-6-7-9-19(18)32(30,31)26-21)23(29)27(4)14-16-10-12-17(13-11-16)22(28)24-3/h6-13,15,20H,5,14H2,1-4H3,(H,24,28)(H,25,26)/t15-,20-/m0/s1. The molecule has 0 saturated heterocycles. The van der Waals surface area contributed by atoms with Gasteiger partial charge >= 0.3 is 0 Å². The molecule has 170 valence electrons. The predicted octanol–water partition coefficient (Wildman–Crippen LogP) is 2.16. The zero-order valence-electron chi connectivity index (χ0n) is 18.6. The van der Waals surface area contributed by atoms with Crippen LogP contribution in [-0.2, 0) is 21.4 Å². The number of benzene rings is 2. The average molecular weight is 457 g/mol. The van der Waals surface area contributed by atoms with E-state index in [-0.39, 0.29) is 28.5 Å². The maximum absolute atomic E-state index is 13.3. The smallest absolute Gasteiger partial charge is 0.263 e. The molecule has 3 rings (SSSR count). The van der Waals surface area contributed by atoms with Crippen molar-refractivity contribution >= 4 is 27.7 Å². The van der Waals surface area contributed by atoms with E-state index in [1.807, 2.05) is 13.8 Å². The lowest BCUT2D eigenvalue weighted by Crippen LogP contribution is -2.40. The van der Waals surface area contributed by atoms with Gasteiger partial charge in [0.15, 0.2) is 0 Å². The Morgan fingerprint density at radius 1 is 1.12 bits per heavy atom. The van der Waals surface area contributed by atoms with Gasteiger partial charge in [-0.1, -0.05) is 44.5 Å². The molecule has 0 radical (unpaired) electrons. The molecule has 0 aromatic heterocycles. The molecule has 2 aromatic rings. The second-order valence-corrected chi connectivity index (χ2v) is 9.53. The van der Waals surface area contributed by atoms with Crippen molar-refractivity contribution in [2.75, 3.05) is 14.1 Å². The van der Waals surface area contributed by atoms with E-state index in [1.54, 1.807) is 61.5 Å². The Labute approximate surface area is 188 Å². The summed E-state index contributed by atoms with van der Waals surface area (Å²) < 4.78 is 27.3. The van der Waals surface area contributed by atoms with E-state index in [0.29, 0.717) is 24.1 Å². The predicted molar refractivity (Wildman–Crippen MR) is 123 cm³/mol. The van der Waals surface area contributed by atoms with Crippen LogP contribution < -0.4 is 10.0 Å². The first-order chi connectivity index (χ1) is 15.2. The van der Waals surface area contributed by atoms with Gasteiger partial charge in [-0.3, -0.25) is 19.3 Å². The Balaban J connectivity index is 1.84. The van der Waals surface area contributed by atoms with Crippen LogP contribution in [0.3, 0.4) is 0 Å². The van der Waals surface area contributed by atoms with Crippen LogP contribution >= 0.6 is 0 Å². The zero-order chi connectivity index (χ0) is 23.5. The second kappa shape index (κ2) is 9.52. The molecule has 0 aliphatic carbocycles. The number of nitrogens with zero attached hydrogens (tertiary/aromatic N) is 2. The molecule has 1 heterocycles. The van der Waals surface area contributed by atoms with E-state index in [4.69, 9.17) is 0 Å². The highest BCUT2D eigenvalue weighted by atomic mass is 32.2. The second-order valence-electron chi connectivity index (χ2n) is 7.88. The summed E-state index contributed by atoms with van der Waals surface area (Å²) in [5.41, 5.74) is 1.89. The van der Waals surface area contributed by atoms with E-state index in [2.05, 4.69) is 15.0 Å². The number of hydrogen-bond donors (Lipinski definition) is 2. The van der Waals surface area contributed by atoms with E-state index in [1.165, 1.54) is 6.07 Å². The maximum Gasteiger partial charge on any atom is 0.263 e. The molecule has 2 amide bonds. The van der Waals surface area contributed by atoms with Crippen LogP contribution in [0, 0.1) is 5.92 Å². The van der Waals surface area contributed by atoms with Crippen molar-refractivity contribution in [3.8, 4) is 0 Å². The molecule has 2 N–H and O–H groups in total. The molecule has 0 saturated carbocycles. The minimum absolute atomic E-state index is 0.0923. The number of hydrogen-bond acceptors (Lipinski definition) is 5. The van der Waals surface area contributed by atoms with Crippen molar-refractivity contribution in [2.24, 2.45) is 10.9 Å². The Morgan fingerprint density at radius 2 is 1.78 bits per heavy atom. The van der Waals surface area contributed by atoms with Gasteiger partial charge in [-0.15, -0.1) is 0 Å². The summed E-state index contributed by atoms with van der Waals surface area (Å²) in [6.07, 6.45) is 0.705. The van der Waals surface area contributed by atoms with Crippen LogP contribution in [0.15, 0.2) is 58.4 Å². The topological polar surface area (TPSA) is 108 Å². The van der Waals surface area contributed by atoms with Crippen molar-refractivity contribution in [2.45, 2.75) is 37.8 Å². The summed E-state index contributed by atoms with van der Waals surface area (Å²) in [6.45, 7) is 4.23. The van der Waals surface area contributed by atoms with Crippen LogP contribution in [0.25, 0.3) is 0 Å². The van der Waals surface area contributed by atoms with Gasteiger partial charge in [0.05, 0.1) is 4.90 Å². The normalized spacial score (nSPS) is 17.2. The van der Waals surface area contributed by atoms with Gasteiger partial charge in [0.2, 0.25) is 5.91 Å². The van der Waals surface area contributed by atoms with Gasteiger partial charge in [-0.2, -0.15) is 0 Å². The number of amides is 2. The molecule has 0 fully saturated rings. The van der Waals surface area contributed by atoms with E-state index in [9.17, 15) is 18.0 Å². The lowest BCUT2D eigenvalue weighted by molar-refractivity contribution is -0.132. The molecule has 0 bridgehead atoms. The highest BCUT2D eigenvalue weighted by Crippen LogP contribution is 2.24. The van der Waals surface area contributed by atoms with Gasteiger partial charge in [-0.25, -0.2) is 8.42 Å². The Kier molecular flexibility index (Phi) is 6.98. The largest absolute Gasteiger partial charge is 0.355 e. The summed E-state index contributed by atoms with van der Waals surface area (Å²) in [5, 5.41) is 2.57. The van der Waals surface area contributed by atoms with Crippen LogP contribution in [0.2, 0.25) is 0 Å². The highest BCUT2D eigenvalue weighted by molar-refractivity contribution is 7.90. The Hall–Kier alpha value is -3.20. The summed E-state index contributed by atoms with van der Waals surface area (Å²) in [5.74, 6) is -0.272. The van der Waals surface area contributed by atoms with Crippen LogP contribution in [0.1, 0.15) is 41.8 Å². The third-order valence-electron chi connectivity index (χ3n) is 5.61. The summed E-state index contributed by atoms with van der Waals surface area (Å²) in [4.78, 5) is 31.3. The summed E-state index contributed by atoms with van der Waals surface area (Å²) in [7, 11) is -0.416. The van der Waals surface area contributed by atoms with Gasteiger partial charge in [-0.05, 0) is 35.7 Å². The molecule has 2 atom stereocenters. The molecule has 0 spiro atoms. The van der Waals surface area contributed by atoms with Crippen LogP contribution in [0.5, 0.6) is 0 Å². The number of amidine groups is 1. The maximum atomic E-state index is 13.3. The number of rotatable bonds is 7. The molecular formula is C23H28N4O4S. The lowest BCUT2D eigenvalue weighted by atomic mass is 9.98. The number of carbonyl (C=O) groups excluding carboxylic acids is 2. The van der Waals surface area contributed by atoms with Crippen molar-refractivity contribution in [3.05, 3.63) is 65.2 Å². The van der Waals surface area contributed by atoms with Gasteiger partial charge in [0.1, 0.15) is 11.9 Å². The monoisotopic (exact) mass is 456 g/mol. The van der Waals surface area contributed by atoms with Crippen LogP contribution in [0.4, 0.5) is 0 Å². The third-order valence-corrected chi connectivity index (χ3v) is 7.00. The van der Waals surface area contributed by atoms with Gasteiger partial charge < -0.3 is 10.2 Å². The number of aliphatic imine (C=N–C) groups is 1. The fourth-order valence-corrected chi connectivity index (χ4v) is 4.74. The fraction of sp³-hybridized carbons (Fsp3) is 0.348. The zero-order valence-corrected chi connectivity index (χ0v) is 19.4. The van der Waals surface area contributed by atoms with Gasteiger partial charge in [0, 0.05) is 31.8 Å².